The number of nitrogens with one attached hydrogen (secondary N) is 1. The number of urea groups is 1. The Morgan fingerprint density at radius 3 is 2.33 bits per heavy atom. The van der Waals surface area contributed by atoms with Crippen LogP contribution in [0, 0.1) is 0 Å². The summed E-state index contributed by atoms with van der Waals surface area (Å²) in [5.74, 6) is -0.282. The molecule has 1 atom stereocenters. The Balaban J connectivity index is 2.34. The van der Waals surface area contributed by atoms with E-state index in [1.165, 1.54) is 4.90 Å². The molecule has 0 aromatic heterocycles. The van der Waals surface area contributed by atoms with Gasteiger partial charge in [0.25, 0.3) is 5.91 Å². The number of imide groups is 1. The normalized spacial score (nSPS) is 20.7. The van der Waals surface area contributed by atoms with Crippen LogP contribution in [0.5, 0.6) is 0 Å². The van der Waals surface area contributed by atoms with E-state index in [0.29, 0.717) is 10.7 Å². The zero-order chi connectivity index (χ0) is 11.0. The molecule has 1 heterocycles. The lowest BCUT2D eigenvalue weighted by Gasteiger charge is -2.18. The number of carbonyl (C=O) groups is 2. The quantitative estimate of drug-likeness (QED) is 0.740. The van der Waals surface area contributed by atoms with Gasteiger partial charge in [0.05, 0.1) is 0 Å². The molecule has 1 saturated heterocycles. The summed E-state index contributed by atoms with van der Waals surface area (Å²) < 4.78 is 0. The Bertz CT molecular complexity index is 416. The predicted octanol–water partition coefficient (Wildman–Crippen LogP) is 1.78. The first kappa shape index (κ1) is 9.98. The molecule has 5 heteroatoms. The zero-order valence-electron chi connectivity index (χ0n) is 8.03. The first-order valence-electron chi connectivity index (χ1n) is 4.49. The molecule has 0 saturated carbocycles. The van der Waals surface area contributed by atoms with E-state index in [9.17, 15) is 9.59 Å². The van der Waals surface area contributed by atoms with Crippen LogP contribution >= 0.6 is 11.6 Å². The highest BCUT2D eigenvalue weighted by molar-refractivity contribution is 6.30. The summed E-state index contributed by atoms with van der Waals surface area (Å²) in [5, 5.41) is 2.84. The summed E-state index contributed by atoms with van der Waals surface area (Å²) in [6, 6.07) is 5.90. The van der Waals surface area contributed by atoms with Gasteiger partial charge in [0.1, 0.15) is 6.04 Å². The van der Waals surface area contributed by atoms with Gasteiger partial charge in [-0.3, -0.25) is 15.0 Å². The van der Waals surface area contributed by atoms with E-state index in [1.54, 1.807) is 31.2 Å². The summed E-state index contributed by atoms with van der Waals surface area (Å²) in [6.07, 6.45) is 0. The summed E-state index contributed by atoms with van der Waals surface area (Å²) in [6.45, 7) is 1.68. The molecule has 0 bridgehead atoms. The van der Waals surface area contributed by atoms with Crippen molar-refractivity contribution >= 4 is 29.2 Å². The number of amides is 3. The smallest absolute Gasteiger partial charge is 0.282 e. The molecule has 1 N–H and O–H groups in total. The molecule has 1 unspecified atom stereocenters. The van der Waals surface area contributed by atoms with E-state index < -0.39 is 12.1 Å². The minimum absolute atomic E-state index is 0.282. The highest BCUT2D eigenvalue weighted by atomic mass is 35.5. The second-order valence-electron chi connectivity index (χ2n) is 3.32. The molecule has 1 aromatic carbocycles. The van der Waals surface area contributed by atoms with E-state index in [2.05, 4.69) is 5.32 Å². The average Bonchev–Trinajstić information content (AvgIpc) is 2.44. The van der Waals surface area contributed by atoms with Crippen LogP contribution in [0.1, 0.15) is 6.92 Å². The van der Waals surface area contributed by atoms with Gasteiger partial charge in [-0.05, 0) is 31.2 Å². The van der Waals surface area contributed by atoms with Crippen LogP contribution in [-0.2, 0) is 4.79 Å². The maximum absolute atomic E-state index is 11.4. The second-order valence-corrected chi connectivity index (χ2v) is 3.75. The monoisotopic (exact) mass is 224 g/mol. The van der Waals surface area contributed by atoms with Crippen molar-refractivity contribution in [2.24, 2.45) is 0 Å². The highest BCUT2D eigenvalue weighted by Gasteiger charge is 2.35. The van der Waals surface area contributed by atoms with Crippen molar-refractivity contribution in [3.8, 4) is 0 Å². The van der Waals surface area contributed by atoms with E-state index in [4.69, 9.17) is 11.6 Å². The molecule has 0 spiro atoms. The van der Waals surface area contributed by atoms with E-state index in [-0.39, 0.29) is 5.91 Å². The number of carbonyl (C=O) groups excluding carboxylic acids is 2. The molecule has 1 aromatic rings. The molecule has 0 radical (unpaired) electrons. The van der Waals surface area contributed by atoms with Gasteiger partial charge in [0.15, 0.2) is 0 Å². The van der Waals surface area contributed by atoms with Crippen molar-refractivity contribution in [3.63, 3.8) is 0 Å². The molecular formula is C10H9ClN2O2. The van der Waals surface area contributed by atoms with Crippen LogP contribution in [0.3, 0.4) is 0 Å². The maximum Gasteiger partial charge on any atom is 0.329 e. The fourth-order valence-electron chi connectivity index (χ4n) is 1.51. The van der Waals surface area contributed by atoms with Crippen LogP contribution in [0.25, 0.3) is 0 Å². The first-order valence-corrected chi connectivity index (χ1v) is 4.87. The van der Waals surface area contributed by atoms with E-state index in [0.717, 1.165) is 0 Å². The molecule has 78 valence electrons. The molecule has 1 aliphatic rings. The van der Waals surface area contributed by atoms with Crippen LogP contribution in [0.15, 0.2) is 24.3 Å². The van der Waals surface area contributed by atoms with Crippen LogP contribution < -0.4 is 10.2 Å². The Morgan fingerprint density at radius 2 is 1.87 bits per heavy atom. The van der Waals surface area contributed by atoms with Crippen LogP contribution in [0.2, 0.25) is 5.02 Å². The Kier molecular flexibility index (Phi) is 2.36. The number of benzene rings is 1. The van der Waals surface area contributed by atoms with Crippen molar-refractivity contribution in [1.29, 1.82) is 0 Å². The number of hydrogen-bond acceptors (Lipinski definition) is 2. The Labute approximate surface area is 91.8 Å². The third-order valence-corrected chi connectivity index (χ3v) is 2.57. The number of nitrogens with zero attached hydrogens (tertiary/aromatic N) is 1. The zero-order valence-corrected chi connectivity index (χ0v) is 8.78. The fraction of sp³-hybridized carbons (Fsp3) is 0.200. The van der Waals surface area contributed by atoms with Crippen molar-refractivity contribution in [1.82, 2.24) is 5.32 Å². The van der Waals surface area contributed by atoms with Gasteiger partial charge in [-0.15, -0.1) is 0 Å². The highest BCUT2D eigenvalue weighted by Crippen LogP contribution is 2.22. The van der Waals surface area contributed by atoms with Gasteiger partial charge in [-0.25, -0.2) is 4.79 Å². The van der Waals surface area contributed by atoms with Crippen LogP contribution in [0.4, 0.5) is 10.5 Å². The van der Waals surface area contributed by atoms with Gasteiger partial charge in [0.2, 0.25) is 0 Å². The Hall–Kier alpha value is -1.55. The van der Waals surface area contributed by atoms with Gasteiger partial charge in [0, 0.05) is 10.7 Å². The van der Waals surface area contributed by atoms with E-state index >= 15 is 0 Å². The molecule has 0 aliphatic carbocycles. The van der Waals surface area contributed by atoms with Crippen molar-refractivity contribution in [2.75, 3.05) is 4.90 Å². The standard InChI is InChI=1S/C10H9ClN2O2/c1-6-9(14)12-10(15)13(6)8-4-2-7(11)3-5-8/h2-6H,1H3,(H,12,14,15). The van der Waals surface area contributed by atoms with Gasteiger partial charge < -0.3 is 0 Å². The van der Waals surface area contributed by atoms with Crippen molar-refractivity contribution in [2.45, 2.75) is 13.0 Å². The number of halogens is 1. The molecular weight excluding hydrogens is 216 g/mol. The topological polar surface area (TPSA) is 49.4 Å². The molecule has 1 fully saturated rings. The number of rotatable bonds is 1. The number of hydrogen-bond donors (Lipinski definition) is 1. The summed E-state index contributed by atoms with van der Waals surface area (Å²) in [4.78, 5) is 24.1. The lowest BCUT2D eigenvalue weighted by atomic mass is 10.2. The molecule has 4 nitrogen and oxygen atoms in total. The summed E-state index contributed by atoms with van der Waals surface area (Å²) >= 11 is 5.73. The largest absolute Gasteiger partial charge is 0.329 e. The number of anilines is 1. The third-order valence-electron chi connectivity index (χ3n) is 2.32. The van der Waals surface area contributed by atoms with Crippen LogP contribution in [-0.4, -0.2) is 18.0 Å². The van der Waals surface area contributed by atoms with Gasteiger partial charge in [-0.1, -0.05) is 11.6 Å². The fourth-order valence-corrected chi connectivity index (χ4v) is 1.63. The minimum Gasteiger partial charge on any atom is -0.282 e. The molecule has 2 rings (SSSR count). The second kappa shape index (κ2) is 3.55. The molecule has 15 heavy (non-hydrogen) atoms. The van der Waals surface area contributed by atoms with Gasteiger partial charge >= 0.3 is 6.03 Å². The minimum atomic E-state index is -0.473. The molecule has 3 amide bonds. The van der Waals surface area contributed by atoms with E-state index in [1.807, 2.05) is 0 Å². The maximum atomic E-state index is 11.4. The third kappa shape index (κ3) is 1.68. The Morgan fingerprint density at radius 1 is 1.27 bits per heavy atom. The predicted molar refractivity (Wildman–Crippen MR) is 56.9 cm³/mol. The lowest BCUT2D eigenvalue weighted by molar-refractivity contribution is -0.119. The SMILES string of the molecule is CC1C(=O)NC(=O)N1c1ccc(Cl)cc1. The lowest BCUT2D eigenvalue weighted by Crippen LogP contribution is -2.32. The van der Waals surface area contributed by atoms with Crippen molar-refractivity contribution < 1.29 is 9.59 Å². The summed E-state index contributed by atoms with van der Waals surface area (Å²) in [7, 11) is 0. The first-order chi connectivity index (χ1) is 7.09. The van der Waals surface area contributed by atoms with Gasteiger partial charge in [-0.2, -0.15) is 0 Å². The molecule has 1 aliphatic heterocycles. The average molecular weight is 225 g/mol. The summed E-state index contributed by atoms with van der Waals surface area (Å²) in [5.41, 5.74) is 0.662. The van der Waals surface area contributed by atoms with Crippen molar-refractivity contribution in [3.05, 3.63) is 29.3 Å².